The summed E-state index contributed by atoms with van der Waals surface area (Å²) in [5, 5.41) is 1.16. The average molecular weight is 312 g/mol. The average Bonchev–Trinajstić information content (AvgIpc) is 2.78. The van der Waals surface area contributed by atoms with Crippen LogP contribution in [0.15, 0.2) is 35.7 Å². The Kier molecular flexibility index (Phi) is 3.22. The summed E-state index contributed by atoms with van der Waals surface area (Å²) in [7, 11) is 0. The monoisotopic (exact) mass is 311 g/mol. The third-order valence-corrected chi connectivity index (χ3v) is 4.10. The van der Waals surface area contributed by atoms with Gasteiger partial charge < -0.3 is 5.73 Å². The van der Waals surface area contributed by atoms with Crippen molar-refractivity contribution in [3.8, 4) is 0 Å². The number of nitrogen functional groups attached to an aromatic ring is 1. The van der Waals surface area contributed by atoms with Crippen LogP contribution in [0.1, 0.15) is 0 Å². The van der Waals surface area contributed by atoms with Crippen LogP contribution in [0.4, 0.5) is 5.82 Å². The highest BCUT2D eigenvalue weighted by atomic mass is 35.5. The summed E-state index contributed by atoms with van der Waals surface area (Å²) < 4.78 is 1.78. The summed E-state index contributed by atoms with van der Waals surface area (Å²) in [5.74, 6) is 0.353. The molecular formula is C11H7Cl2N5S. The van der Waals surface area contributed by atoms with Crippen molar-refractivity contribution < 1.29 is 0 Å². The van der Waals surface area contributed by atoms with E-state index in [0.29, 0.717) is 27.0 Å². The van der Waals surface area contributed by atoms with Gasteiger partial charge in [-0.25, -0.2) is 15.0 Å². The van der Waals surface area contributed by atoms with Gasteiger partial charge in [-0.2, -0.15) is 0 Å². The number of benzene rings is 1. The molecule has 0 aliphatic rings. The molecule has 96 valence electrons. The largest absolute Gasteiger partial charge is 0.382 e. The van der Waals surface area contributed by atoms with Crippen LogP contribution in [-0.4, -0.2) is 18.9 Å². The third kappa shape index (κ3) is 2.34. The maximum atomic E-state index is 6.13. The molecule has 5 nitrogen and oxygen atoms in total. The Balaban J connectivity index is 2.04. The van der Waals surface area contributed by atoms with Gasteiger partial charge in [0.25, 0.3) is 0 Å². The van der Waals surface area contributed by atoms with Crippen molar-refractivity contribution >= 4 is 52.1 Å². The number of imidazole rings is 1. The molecule has 0 fully saturated rings. The number of anilines is 1. The lowest BCUT2D eigenvalue weighted by molar-refractivity contribution is 1.18. The number of aromatic nitrogens is 4. The highest BCUT2D eigenvalue weighted by Crippen LogP contribution is 2.32. The maximum absolute atomic E-state index is 6.13. The summed E-state index contributed by atoms with van der Waals surface area (Å²) >= 11 is 13.4. The van der Waals surface area contributed by atoms with Gasteiger partial charge in [-0.1, -0.05) is 23.2 Å². The number of halogens is 2. The van der Waals surface area contributed by atoms with E-state index in [0.717, 1.165) is 4.90 Å². The van der Waals surface area contributed by atoms with E-state index in [1.165, 1.54) is 18.3 Å². The van der Waals surface area contributed by atoms with Gasteiger partial charge in [-0.15, -0.1) is 0 Å². The molecule has 2 aromatic heterocycles. The molecule has 0 aliphatic carbocycles. The zero-order chi connectivity index (χ0) is 13.4. The number of rotatable bonds is 2. The minimum atomic E-state index is 0.353. The second-order valence-corrected chi connectivity index (χ2v) is 5.53. The summed E-state index contributed by atoms with van der Waals surface area (Å²) in [6, 6.07) is 5.30. The van der Waals surface area contributed by atoms with Crippen LogP contribution in [0.5, 0.6) is 0 Å². The van der Waals surface area contributed by atoms with E-state index in [4.69, 9.17) is 28.9 Å². The van der Waals surface area contributed by atoms with Gasteiger partial charge in [-0.05, 0) is 30.1 Å². The first-order valence-corrected chi connectivity index (χ1v) is 6.75. The van der Waals surface area contributed by atoms with Crippen LogP contribution >= 0.6 is 35.1 Å². The van der Waals surface area contributed by atoms with Crippen molar-refractivity contribution in [1.82, 2.24) is 18.9 Å². The quantitative estimate of drug-likeness (QED) is 0.786. The molecule has 0 bridgehead atoms. The summed E-state index contributed by atoms with van der Waals surface area (Å²) in [6.07, 6.45) is 3.03. The van der Waals surface area contributed by atoms with Crippen molar-refractivity contribution in [1.29, 1.82) is 0 Å². The zero-order valence-corrected chi connectivity index (χ0v) is 11.7. The first-order chi connectivity index (χ1) is 9.15. The number of nitrogens with two attached hydrogens (primary N) is 1. The first kappa shape index (κ1) is 12.5. The molecule has 0 saturated heterocycles. The highest BCUT2D eigenvalue weighted by molar-refractivity contribution is 7.98. The van der Waals surface area contributed by atoms with Crippen LogP contribution in [0.2, 0.25) is 10.0 Å². The topological polar surface area (TPSA) is 69.6 Å². The van der Waals surface area contributed by atoms with Crippen molar-refractivity contribution in [2.75, 3.05) is 5.73 Å². The molecule has 8 heteroatoms. The van der Waals surface area contributed by atoms with Crippen molar-refractivity contribution in [2.24, 2.45) is 0 Å². The Labute approximate surface area is 122 Å². The molecule has 0 amide bonds. The molecule has 2 heterocycles. The van der Waals surface area contributed by atoms with Gasteiger partial charge in [0.2, 0.25) is 0 Å². The molecular weight excluding hydrogens is 305 g/mol. The van der Waals surface area contributed by atoms with E-state index in [-0.39, 0.29) is 0 Å². The van der Waals surface area contributed by atoms with E-state index in [1.807, 2.05) is 6.07 Å². The molecule has 1 aromatic carbocycles. The molecule has 0 saturated carbocycles. The second-order valence-electron chi connectivity index (χ2n) is 3.67. The lowest BCUT2D eigenvalue weighted by atomic mass is 10.4. The van der Waals surface area contributed by atoms with Gasteiger partial charge >= 0.3 is 0 Å². The molecule has 3 rings (SSSR count). The Morgan fingerprint density at radius 3 is 2.79 bits per heavy atom. The van der Waals surface area contributed by atoms with Crippen LogP contribution in [0.3, 0.4) is 0 Å². The Morgan fingerprint density at radius 1 is 1.16 bits per heavy atom. The zero-order valence-electron chi connectivity index (χ0n) is 9.42. The lowest BCUT2D eigenvalue weighted by Crippen LogP contribution is -1.94. The van der Waals surface area contributed by atoms with Crippen molar-refractivity contribution in [3.05, 3.63) is 40.9 Å². The van der Waals surface area contributed by atoms with Crippen molar-refractivity contribution in [2.45, 2.75) is 4.90 Å². The fraction of sp³-hybridized carbons (Fsp3) is 0. The van der Waals surface area contributed by atoms with Gasteiger partial charge in [0.15, 0.2) is 17.0 Å². The number of hydrogen-bond acceptors (Lipinski definition) is 5. The van der Waals surface area contributed by atoms with Crippen LogP contribution in [0.25, 0.3) is 11.2 Å². The minimum absolute atomic E-state index is 0.353. The molecule has 0 radical (unpaired) electrons. The maximum Gasteiger partial charge on any atom is 0.175 e. The Bertz CT molecular complexity index is 758. The van der Waals surface area contributed by atoms with Gasteiger partial charge in [0, 0.05) is 9.92 Å². The molecule has 2 N–H and O–H groups in total. The fourth-order valence-corrected chi connectivity index (χ4v) is 2.87. The molecule has 19 heavy (non-hydrogen) atoms. The first-order valence-electron chi connectivity index (χ1n) is 5.22. The second kappa shape index (κ2) is 4.88. The van der Waals surface area contributed by atoms with Crippen LogP contribution < -0.4 is 5.73 Å². The van der Waals surface area contributed by atoms with Gasteiger partial charge in [-0.3, -0.25) is 3.97 Å². The van der Waals surface area contributed by atoms with E-state index < -0.39 is 0 Å². The van der Waals surface area contributed by atoms with Crippen molar-refractivity contribution in [3.63, 3.8) is 0 Å². The molecule has 3 aromatic rings. The van der Waals surface area contributed by atoms with Gasteiger partial charge in [0.05, 0.1) is 5.02 Å². The normalized spacial score (nSPS) is 11.1. The number of fused-ring (bicyclic) bond motifs is 1. The van der Waals surface area contributed by atoms with E-state index in [2.05, 4.69) is 15.0 Å². The molecule has 0 atom stereocenters. The molecule has 0 aliphatic heterocycles. The third-order valence-electron chi connectivity index (χ3n) is 2.42. The summed E-state index contributed by atoms with van der Waals surface area (Å²) in [4.78, 5) is 13.1. The Hall–Kier alpha value is -1.50. The van der Waals surface area contributed by atoms with E-state index >= 15 is 0 Å². The SMILES string of the molecule is Nc1ncnc2c1ncn2Sc1ccc(Cl)cc1Cl. The predicted molar refractivity (Wildman–Crippen MR) is 77.5 cm³/mol. The summed E-state index contributed by atoms with van der Waals surface area (Å²) in [5.41, 5.74) is 6.94. The number of nitrogens with zero attached hydrogens (tertiary/aromatic N) is 4. The standard InChI is InChI=1S/C11H7Cl2N5S/c12-6-1-2-8(7(13)3-6)19-18-5-17-9-10(14)15-4-16-11(9)18/h1-5H,(H2,14,15,16). The van der Waals surface area contributed by atoms with Gasteiger partial charge in [0.1, 0.15) is 12.7 Å². The summed E-state index contributed by atoms with van der Waals surface area (Å²) in [6.45, 7) is 0. The van der Waals surface area contributed by atoms with E-state index in [9.17, 15) is 0 Å². The predicted octanol–water partition coefficient (Wildman–Crippen LogP) is 3.27. The van der Waals surface area contributed by atoms with Crippen LogP contribution in [0, 0.1) is 0 Å². The van der Waals surface area contributed by atoms with E-state index in [1.54, 1.807) is 22.4 Å². The number of hydrogen-bond donors (Lipinski definition) is 1. The van der Waals surface area contributed by atoms with Crippen LogP contribution in [-0.2, 0) is 0 Å². The fourth-order valence-electron chi connectivity index (χ4n) is 1.55. The Morgan fingerprint density at radius 2 is 2.00 bits per heavy atom. The lowest BCUT2D eigenvalue weighted by Gasteiger charge is -2.05. The highest BCUT2D eigenvalue weighted by Gasteiger charge is 2.10. The molecule has 0 spiro atoms. The minimum Gasteiger partial charge on any atom is -0.382 e. The smallest absolute Gasteiger partial charge is 0.175 e. The molecule has 0 unspecified atom stereocenters.